The fraction of sp³-hybridized carbons (Fsp3) is 0.588. The van der Waals surface area contributed by atoms with Gasteiger partial charge in [0.1, 0.15) is 0 Å². The largest absolute Gasteiger partial charge is 1.00 e. The number of aryl methyl sites for hydroxylation is 3. The number of hydrogen-bond acceptors (Lipinski definition) is 0. The molecule has 19 heavy (non-hydrogen) atoms. The van der Waals surface area contributed by atoms with Crippen molar-refractivity contribution < 1.29 is 18.9 Å². The molecule has 0 N–H and O–H groups in total. The Morgan fingerprint density at radius 2 is 1.74 bits per heavy atom. The van der Waals surface area contributed by atoms with Gasteiger partial charge in [-0.25, -0.2) is 0 Å². The molecule has 1 aliphatic carbocycles. The van der Waals surface area contributed by atoms with Crippen LogP contribution in [-0.4, -0.2) is 5.16 Å². The Labute approximate surface area is 133 Å². The normalized spacial score (nSPS) is 19.9. The van der Waals surface area contributed by atoms with Crippen molar-refractivity contribution in [1.82, 2.24) is 0 Å². The van der Waals surface area contributed by atoms with Gasteiger partial charge in [-0.3, -0.25) is 0 Å². The van der Waals surface area contributed by atoms with E-state index in [0.29, 0.717) is 5.16 Å². The molecule has 2 unspecified atom stereocenters. The van der Waals surface area contributed by atoms with Crippen LogP contribution in [0.2, 0.25) is 0 Å². The zero-order chi connectivity index (χ0) is 13.3. The maximum atomic E-state index is 2.48. The van der Waals surface area contributed by atoms with E-state index in [0.717, 1.165) is 14.5 Å². The van der Waals surface area contributed by atoms with Gasteiger partial charge in [0.15, 0.2) is 0 Å². The standard InChI is InChI=1S/C17H26P.Li/c1-12-10-13(2)16(14(3)11-12)18-17(4,5)15-8-6-7-9-15;/h6,10-11,15,18H,7-9H2,1-5H3;/q-1;+1. The molecular formula is C17H26LiP. The van der Waals surface area contributed by atoms with E-state index < -0.39 is 0 Å². The van der Waals surface area contributed by atoms with Gasteiger partial charge in [-0.2, -0.15) is 12.8 Å². The SMILES string of the molecule is Cc1cc(C)c(PC(C)(C)C2C[CH-]CC2)c(C)c1.[Li+]. The second-order valence-electron chi connectivity index (χ2n) is 6.42. The summed E-state index contributed by atoms with van der Waals surface area (Å²) in [4.78, 5) is 0. The van der Waals surface area contributed by atoms with Crippen LogP contribution in [0.1, 0.15) is 49.8 Å². The molecule has 0 nitrogen and oxygen atoms in total. The Balaban J connectivity index is 0.00000180. The molecule has 1 aliphatic rings. The van der Waals surface area contributed by atoms with Crippen LogP contribution in [0.25, 0.3) is 0 Å². The fourth-order valence-corrected chi connectivity index (χ4v) is 4.86. The summed E-state index contributed by atoms with van der Waals surface area (Å²) in [6.07, 6.45) is 6.52. The minimum atomic E-state index is 0. The van der Waals surface area contributed by atoms with Gasteiger partial charge >= 0.3 is 18.9 Å². The minimum absolute atomic E-state index is 0. The van der Waals surface area contributed by atoms with Gasteiger partial charge in [0.2, 0.25) is 0 Å². The van der Waals surface area contributed by atoms with Crippen molar-refractivity contribution in [3.63, 3.8) is 0 Å². The second kappa shape index (κ2) is 6.80. The smallest absolute Gasteiger partial charge is 0.328 e. The molecular weight excluding hydrogens is 242 g/mol. The topological polar surface area (TPSA) is 0 Å². The molecule has 1 aromatic rings. The van der Waals surface area contributed by atoms with E-state index in [2.05, 4.69) is 53.2 Å². The Hall–Kier alpha value is 0.247. The van der Waals surface area contributed by atoms with E-state index in [1.807, 2.05) is 0 Å². The quantitative estimate of drug-likeness (QED) is 0.445. The molecule has 0 spiro atoms. The molecule has 0 amide bonds. The van der Waals surface area contributed by atoms with Crippen LogP contribution >= 0.6 is 8.58 Å². The molecule has 1 aromatic carbocycles. The third-order valence-corrected chi connectivity index (χ3v) is 6.41. The van der Waals surface area contributed by atoms with Gasteiger partial charge in [-0.05, 0) is 42.4 Å². The van der Waals surface area contributed by atoms with Gasteiger partial charge in [0, 0.05) is 0 Å². The summed E-state index contributed by atoms with van der Waals surface area (Å²) in [5.74, 6) is 0.885. The van der Waals surface area contributed by atoms with E-state index in [1.165, 1.54) is 36.0 Å². The molecule has 0 heterocycles. The van der Waals surface area contributed by atoms with E-state index in [9.17, 15) is 0 Å². The van der Waals surface area contributed by atoms with Crippen molar-refractivity contribution in [2.24, 2.45) is 5.92 Å². The summed E-state index contributed by atoms with van der Waals surface area (Å²) in [7, 11) is 0.939. The zero-order valence-corrected chi connectivity index (χ0v) is 14.4. The number of hydrogen-bond donors (Lipinski definition) is 0. The molecule has 0 bridgehead atoms. The van der Waals surface area contributed by atoms with Crippen molar-refractivity contribution in [3.05, 3.63) is 35.2 Å². The van der Waals surface area contributed by atoms with Gasteiger partial charge in [-0.1, -0.05) is 52.5 Å². The van der Waals surface area contributed by atoms with Gasteiger partial charge < -0.3 is 6.42 Å². The van der Waals surface area contributed by atoms with Crippen molar-refractivity contribution in [1.29, 1.82) is 0 Å². The van der Waals surface area contributed by atoms with E-state index in [4.69, 9.17) is 0 Å². The molecule has 2 rings (SSSR count). The molecule has 1 saturated carbocycles. The molecule has 100 valence electrons. The monoisotopic (exact) mass is 268 g/mol. The van der Waals surface area contributed by atoms with Crippen LogP contribution in [0.5, 0.6) is 0 Å². The van der Waals surface area contributed by atoms with Crippen LogP contribution in [0.15, 0.2) is 12.1 Å². The number of rotatable bonds is 3. The third kappa shape index (κ3) is 4.11. The van der Waals surface area contributed by atoms with Gasteiger partial charge in [0.05, 0.1) is 0 Å². The fourth-order valence-electron chi connectivity index (χ4n) is 3.21. The van der Waals surface area contributed by atoms with E-state index in [-0.39, 0.29) is 18.9 Å². The first-order valence-electron chi connectivity index (χ1n) is 7.08. The second-order valence-corrected chi connectivity index (χ2v) is 8.46. The van der Waals surface area contributed by atoms with Gasteiger partial charge in [0.25, 0.3) is 0 Å². The van der Waals surface area contributed by atoms with E-state index in [1.54, 1.807) is 5.30 Å². The van der Waals surface area contributed by atoms with E-state index >= 15 is 0 Å². The zero-order valence-electron chi connectivity index (χ0n) is 13.4. The van der Waals surface area contributed by atoms with Crippen LogP contribution in [0.4, 0.5) is 0 Å². The Kier molecular flexibility index (Phi) is 6.19. The number of benzene rings is 1. The Morgan fingerprint density at radius 3 is 2.21 bits per heavy atom. The summed E-state index contributed by atoms with van der Waals surface area (Å²) in [5.41, 5.74) is 4.37. The molecule has 0 radical (unpaired) electrons. The molecule has 0 saturated heterocycles. The van der Waals surface area contributed by atoms with Crippen LogP contribution in [-0.2, 0) is 0 Å². The molecule has 0 aromatic heterocycles. The van der Waals surface area contributed by atoms with Crippen molar-refractivity contribution in [3.8, 4) is 0 Å². The maximum absolute atomic E-state index is 2.48. The van der Waals surface area contributed by atoms with Crippen LogP contribution in [0.3, 0.4) is 0 Å². The third-order valence-electron chi connectivity index (χ3n) is 4.32. The summed E-state index contributed by atoms with van der Waals surface area (Å²) >= 11 is 0. The minimum Gasteiger partial charge on any atom is -0.328 e. The summed E-state index contributed by atoms with van der Waals surface area (Å²) < 4.78 is 0. The van der Waals surface area contributed by atoms with Crippen LogP contribution < -0.4 is 24.2 Å². The molecule has 1 fully saturated rings. The van der Waals surface area contributed by atoms with Gasteiger partial charge in [-0.15, -0.1) is 0 Å². The predicted molar refractivity (Wildman–Crippen MR) is 84.3 cm³/mol. The average Bonchev–Trinajstić information content (AvgIpc) is 2.77. The first-order chi connectivity index (χ1) is 8.40. The van der Waals surface area contributed by atoms with Crippen molar-refractivity contribution in [2.45, 2.75) is 59.0 Å². The van der Waals surface area contributed by atoms with Crippen LogP contribution in [0, 0.1) is 33.1 Å². The Bertz CT molecular complexity index is 408. The molecule has 0 aliphatic heterocycles. The average molecular weight is 268 g/mol. The predicted octanol–water partition coefficient (Wildman–Crippen LogP) is 1.70. The maximum Gasteiger partial charge on any atom is 1.00 e. The molecule has 2 atom stereocenters. The molecule has 2 heteroatoms. The Morgan fingerprint density at radius 1 is 1.16 bits per heavy atom. The van der Waals surface area contributed by atoms with Crippen molar-refractivity contribution >= 4 is 13.9 Å². The first-order valence-corrected chi connectivity index (χ1v) is 8.08. The summed E-state index contributed by atoms with van der Waals surface area (Å²) in [6.45, 7) is 11.7. The summed E-state index contributed by atoms with van der Waals surface area (Å²) in [6, 6.07) is 4.68. The van der Waals surface area contributed by atoms with Crippen molar-refractivity contribution in [2.75, 3.05) is 0 Å². The summed E-state index contributed by atoms with van der Waals surface area (Å²) in [5, 5.41) is 2.06. The first kappa shape index (κ1) is 17.3.